The first-order valence-corrected chi connectivity index (χ1v) is 13.9. The number of aromatic nitrogens is 1. The number of nitrogens with one attached hydrogen (secondary N) is 1. The number of para-hydroxylation sites is 1. The topological polar surface area (TPSA) is 126 Å². The number of fused-ring (bicyclic) bond motifs is 1. The predicted octanol–water partition coefficient (Wildman–Crippen LogP) is 4.13. The molecule has 2 amide bonds. The summed E-state index contributed by atoms with van der Waals surface area (Å²) >= 11 is 7.15. The Morgan fingerprint density at radius 1 is 0.974 bits per heavy atom. The van der Waals surface area contributed by atoms with Crippen molar-refractivity contribution in [2.24, 2.45) is 5.10 Å². The highest BCUT2D eigenvalue weighted by atomic mass is 35.5. The first kappa shape index (κ1) is 25.7. The fourth-order valence-electron chi connectivity index (χ4n) is 4.01. The monoisotopic (exact) mass is 566 g/mol. The molecule has 192 valence electrons. The number of nitrogens with zero attached hydrogens (tertiary/aromatic N) is 3. The van der Waals surface area contributed by atoms with Crippen molar-refractivity contribution in [2.75, 3.05) is 4.90 Å². The fourth-order valence-corrected chi connectivity index (χ4v) is 6.13. The lowest BCUT2D eigenvalue weighted by molar-refractivity contribution is -0.139. The lowest BCUT2D eigenvalue weighted by atomic mass is 9.91. The molecule has 0 radical (unpaired) electrons. The summed E-state index contributed by atoms with van der Waals surface area (Å²) in [6, 6.07) is 17.5. The Balaban J connectivity index is 1.63. The van der Waals surface area contributed by atoms with Gasteiger partial charge in [0.1, 0.15) is 16.6 Å². The fraction of sp³-hybridized carbons (Fsp3) is 0.115. The molecule has 0 saturated carbocycles. The predicted molar refractivity (Wildman–Crippen MR) is 145 cm³/mol. The summed E-state index contributed by atoms with van der Waals surface area (Å²) in [7, 11) is -4.20. The summed E-state index contributed by atoms with van der Waals surface area (Å²) in [6.45, 7) is 3.44. The molecule has 1 aliphatic rings. The number of ketones is 1. The van der Waals surface area contributed by atoms with Gasteiger partial charge in [0.2, 0.25) is 5.78 Å². The second-order valence-corrected chi connectivity index (χ2v) is 11.8. The van der Waals surface area contributed by atoms with Crippen LogP contribution in [0.1, 0.15) is 22.1 Å². The van der Waals surface area contributed by atoms with Gasteiger partial charge in [-0.3, -0.25) is 14.4 Å². The molecule has 1 aromatic heterocycles. The van der Waals surface area contributed by atoms with Gasteiger partial charge in [-0.05, 0) is 61.9 Å². The summed E-state index contributed by atoms with van der Waals surface area (Å²) in [5.74, 6) is -4.48. The molecule has 2 heterocycles. The Morgan fingerprint density at radius 3 is 2.37 bits per heavy atom. The van der Waals surface area contributed by atoms with Crippen LogP contribution < -0.4 is 9.73 Å². The van der Waals surface area contributed by atoms with E-state index < -0.39 is 39.3 Å². The normalized spacial score (nSPS) is 17.4. The SMILES string of the molecule is Cc1ccc(S(=O)(=O)N/N=C2/C(=O)N(c3ccc(Cl)cc3C)C(=O)C(=O)[C@H]2c2nc3ccccc3s2)cc1. The number of hydrogen-bond donors (Lipinski definition) is 1. The van der Waals surface area contributed by atoms with Crippen molar-refractivity contribution in [1.29, 1.82) is 0 Å². The van der Waals surface area contributed by atoms with E-state index in [1.807, 2.05) is 6.92 Å². The summed E-state index contributed by atoms with van der Waals surface area (Å²) in [6.07, 6.45) is 0. The van der Waals surface area contributed by atoms with E-state index in [4.69, 9.17) is 11.6 Å². The van der Waals surface area contributed by atoms with Gasteiger partial charge in [-0.2, -0.15) is 18.4 Å². The first-order chi connectivity index (χ1) is 18.1. The lowest BCUT2D eigenvalue weighted by Gasteiger charge is -2.30. The number of thiazole rings is 1. The number of Topliss-reactive ketones (excluding diaryl/α,β-unsaturated/α-hetero) is 1. The minimum absolute atomic E-state index is 0.0833. The van der Waals surface area contributed by atoms with E-state index in [-0.39, 0.29) is 15.6 Å². The molecule has 1 fully saturated rings. The number of aryl methyl sites for hydroxylation is 2. The molecule has 3 aromatic carbocycles. The molecule has 0 unspecified atom stereocenters. The van der Waals surface area contributed by atoms with Crippen molar-refractivity contribution in [2.45, 2.75) is 24.7 Å². The Labute approximate surface area is 226 Å². The first-order valence-electron chi connectivity index (χ1n) is 11.3. The molecular weight excluding hydrogens is 548 g/mol. The Kier molecular flexibility index (Phi) is 6.59. The minimum Gasteiger partial charge on any atom is -0.287 e. The van der Waals surface area contributed by atoms with Crippen LogP contribution in [0.4, 0.5) is 5.69 Å². The number of hydrogen-bond acceptors (Lipinski definition) is 8. The molecular formula is C26H19ClN4O5S2. The van der Waals surface area contributed by atoms with Crippen molar-refractivity contribution in [3.63, 3.8) is 0 Å². The second-order valence-electron chi connectivity index (χ2n) is 8.60. The molecule has 38 heavy (non-hydrogen) atoms. The number of hydrazone groups is 1. The number of amides is 2. The summed E-state index contributed by atoms with van der Waals surface area (Å²) in [4.78, 5) is 47.6. The number of anilines is 1. The maximum Gasteiger partial charge on any atom is 0.302 e. The molecule has 1 N–H and O–H groups in total. The Bertz CT molecular complexity index is 1730. The highest BCUT2D eigenvalue weighted by molar-refractivity contribution is 7.89. The minimum atomic E-state index is -4.20. The molecule has 5 rings (SSSR count). The van der Waals surface area contributed by atoms with Crippen LogP contribution in [-0.2, 0) is 24.4 Å². The molecule has 0 spiro atoms. The van der Waals surface area contributed by atoms with Gasteiger partial charge in [-0.1, -0.05) is 41.4 Å². The van der Waals surface area contributed by atoms with Crippen LogP contribution in [0.5, 0.6) is 0 Å². The number of imide groups is 1. The molecule has 12 heteroatoms. The lowest BCUT2D eigenvalue weighted by Crippen LogP contribution is -2.55. The van der Waals surface area contributed by atoms with E-state index >= 15 is 0 Å². The average molecular weight is 567 g/mol. The van der Waals surface area contributed by atoms with Gasteiger partial charge in [-0.25, -0.2) is 9.88 Å². The van der Waals surface area contributed by atoms with Gasteiger partial charge < -0.3 is 0 Å². The highest BCUT2D eigenvalue weighted by Crippen LogP contribution is 2.35. The van der Waals surface area contributed by atoms with E-state index in [1.54, 1.807) is 49.4 Å². The van der Waals surface area contributed by atoms with Crippen LogP contribution in [-0.4, -0.2) is 36.7 Å². The van der Waals surface area contributed by atoms with E-state index in [1.165, 1.54) is 24.3 Å². The maximum absolute atomic E-state index is 13.7. The van der Waals surface area contributed by atoms with Gasteiger partial charge in [0.05, 0.1) is 20.8 Å². The second kappa shape index (κ2) is 9.75. The van der Waals surface area contributed by atoms with Crippen LogP contribution in [0.25, 0.3) is 10.2 Å². The number of sulfonamides is 1. The van der Waals surface area contributed by atoms with Crippen LogP contribution in [0.15, 0.2) is 76.7 Å². The van der Waals surface area contributed by atoms with Crippen LogP contribution in [0.3, 0.4) is 0 Å². The zero-order valence-electron chi connectivity index (χ0n) is 20.0. The average Bonchev–Trinajstić information content (AvgIpc) is 3.30. The zero-order valence-corrected chi connectivity index (χ0v) is 22.4. The van der Waals surface area contributed by atoms with Crippen LogP contribution in [0, 0.1) is 13.8 Å². The van der Waals surface area contributed by atoms with Crippen LogP contribution >= 0.6 is 22.9 Å². The summed E-state index contributed by atoms with van der Waals surface area (Å²) in [5, 5.41) is 4.45. The standard InChI is InChI=1S/C26H19ClN4O5S2/c1-14-7-10-17(11-8-14)38(35,36)30-29-22-21(24-28-18-5-3-4-6-20(18)37-24)23(32)26(34)31(25(22)33)19-12-9-16(27)13-15(19)2/h3-13,21,30H,1-2H3/b29-22+/t21-/m0/s1. The molecule has 1 aliphatic heterocycles. The summed E-state index contributed by atoms with van der Waals surface area (Å²) < 4.78 is 26.6. The molecule has 1 saturated heterocycles. The van der Waals surface area contributed by atoms with E-state index in [0.29, 0.717) is 21.0 Å². The van der Waals surface area contributed by atoms with Gasteiger partial charge in [0, 0.05) is 5.02 Å². The van der Waals surface area contributed by atoms with Crippen molar-refractivity contribution < 1.29 is 22.8 Å². The Morgan fingerprint density at radius 2 is 1.68 bits per heavy atom. The number of halogens is 1. The third kappa shape index (κ3) is 4.60. The third-order valence-corrected chi connectivity index (χ3v) is 8.51. The van der Waals surface area contributed by atoms with E-state index in [2.05, 4.69) is 14.9 Å². The smallest absolute Gasteiger partial charge is 0.287 e. The highest BCUT2D eigenvalue weighted by Gasteiger charge is 2.49. The van der Waals surface area contributed by atoms with Crippen molar-refractivity contribution in [3.05, 3.63) is 87.9 Å². The third-order valence-electron chi connectivity index (χ3n) is 5.95. The molecule has 0 bridgehead atoms. The van der Waals surface area contributed by atoms with Crippen molar-refractivity contribution in [3.8, 4) is 0 Å². The van der Waals surface area contributed by atoms with Gasteiger partial charge >= 0.3 is 5.91 Å². The molecule has 0 aliphatic carbocycles. The van der Waals surface area contributed by atoms with Crippen molar-refractivity contribution >= 4 is 72.2 Å². The van der Waals surface area contributed by atoms with Gasteiger partial charge in [0.25, 0.3) is 15.9 Å². The van der Waals surface area contributed by atoms with Crippen molar-refractivity contribution in [1.82, 2.24) is 9.82 Å². The quantitative estimate of drug-likeness (QED) is 0.220. The number of carbonyl (C=O) groups is 3. The largest absolute Gasteiger partial charge is 0.302 e. The zero-order chi connectivity index (χ0) is 27.2. The van der Waals surface area contributed by atoms with Gasteiger partial charge in [0.15, 0.2) is 0 Å². The maximum atomic E-state index is 13.7. The number of carbonyl (C=O) groups excluding carboxylic acids is 3. The summed E-state index contributed by atoms with van der Waals surface area (Å²) in [5.41, 5.74) is 1.54. The number of piperidine rings is 1. The molecule has 1 atom stereocenters. The Hall–Kier alpha value is -3.93. The molecule has 4 aromatic rings. The number of benzene rings is 3. The number of rotatable bonds is 5. The van der Waals surface area contributed by atoms with Crippen LogP contribution in [0.2, 0.25) is 5.02 Å². The van der Waals surface area contributed by atoms with Gasteiger partial charge in [-0.15, -0.1) is 11.3 Å². The molecule has 9 nitrogen and oxygen atoms in total. The van der Waals surface area contributed by atoms with E-state index in [9.17, 15) is 22.8 Å². The van der Waals surface area contributed by atoms with E-state index in [0.717, 1.165) is 21.6 Å².